The summed E-state index contributed by atoms with van der Waals surface area (Å²) in [5.41, 5.74) is -0.654. The molecule has 0 atom stereocenters. The summed E-state index contributed by atoms with van der Waals surface area (Å²) in [6.07, 6.45) is 2.68. The molecule has 0 aromatic heterocycles. The van der Waals surface area contributed by atoms with Crippen LogP contribution < -0.4 is 4.74 Å². The van der Waals surface area contributed by atoms with Crippen molar-refractivity contribution in [1.29, 1.82) is 0 Å². The van der Waals surface area contributed by atoms with E-state index in [1.165, 1.54) is 4.90 Å². The van der Waals surface area contributed by atoms with E-state index >= 15 is 0 Å². The lowest BCUT2D eigenvalue weighted by molar-refractivity contribution is 0.0553. The van der Waals surface area contributed by atoms with Gasteiger partial charge in [0.1, 0.15) is 5.75 Å². The third kappa shape index (κ3) is 5.09. The van der Waals surface area contributed by atoms with Crippen LogP contribution in [0.4, 0.5) is 0 Å². The van der Waals surface area contributed by atoms with Crippen LogP contribution in [0.2, 0.25) is 0 Å². The summed E-state index contributed by atoms with van der Waals surface area (Å²) in [5, 5.41) is 9.49. The number of benzene rings is 1. The van der Waals surface area contributed by atoms with E-state index in [1.807, 2.05) is 30.5 Å². The Kier molecular flexibility index (Phi) is 4.48. The Hall–Kier alpha value is -0.670. The minimum Gasteiger partial charge on any atom is -0.493 e. The summed E-state index contributed by atoms with van der Waals surface area (Å²) < 4.78 is 5.51. The van der Waals surface area contributed by atoms with Gasteiger partial charge in [0.15, 0.2) is 0 Å². The van der Waals surface area contributed by atoms with Crippen LogP contribution in [-0.2, 0) is 0 Å². The molecule has 0 spiro atoms. The molecule has 0 heterocycles. The van der Waals surface area contributed by atoms with Gasteiger partial charge in [0.2, 0.25) is 0 Å². The van der Waals surface area contributed by atoms with Crippen molar-refractivity contribution < 1.29 is 9.84 Å². The first-order valence-electron chi connectivity index (χ1n) is 5.00. The van der Waals surface area contributed by atoms with E-state index in [0.717, 1.165) is 5.75 Å². The smallest absolute Gasteiger partial charge is 0.119 e. The molecule has 0 amide bonds. The maximum Gasteiger partial charge on any atom is 0.119 e. The highest BCUT2D eigenvalue weighted by Gasteiger charge is 2.11. The van der Waals surface area contributed by atoms with Gasteiger partial charge in [-0.3, -0.25) is 0 Å². The van der Waals surface area contributed by atoms with Crippen LogP contribution >= 0.6 is 11.8 Å². The second-order valence-corrected chi connectivity index (χ2v) is 4.97. The fourth-order valence-electron chi connectivity index (χ4n) is 1.09. The van der Waals surface area contributed by atoms with Crippen molar-refractivity contribution >= 4 is 11.8 Å². The molecule has 15 heavy (non-hydrogen) atoms. The van der Waals surface area contributed by atoms with Crippen molar-refractivity contribution in [1.82, 2.24) is 0 Å². The Morgan fingerprint density at radius 1 is 1.27 bits per heavy atom. The molecule has 1 aromatic carbocycles. The molecule has 1 rings (SSSR count). The highest BCUT2D eigenvalue weighted by atomic mass is 32.2. The average Bonchev–Trinajstić information content (AvgIpc) is 2.17. The summed E-state index contributed by atoms with van der Waals surface area (Å²) in [7, 11) is 0. The van der Waals surface area contributed by atoms with E-state index < -0.39 is 5.60 Å². The first-order valence-corrected chi connectivity index (χ1v) is 6.23. The molecule has 1 N–H and O–H groups in total. The van der Waals surface area contributed by atoms with Gasteiger partial charge in [0.05, 0.1) is 12.2 Å². The predicted octanol–water partition coefficient (Wildman–Crippen LogP) is 2.95. The third-order valence-electron chi connectivity index (χ3n) is 2.04. The lowest BCUT2D eigenvalue weighted by atomic mass is 10.1. The van der Waals surface area contributed by atoms with Crippen LogP contribution in [-0.4, -0.2) is 23.6 Å². The van der Waals surface area contributed by atoms with E-state index in [0.29, 0.717) is 13.0 Å². The Balaban J connectivity index is 2.38. The zero-order valence-corrected chi connectivity index (χ0v) is 10.3. The molecule has 0 aliphatic heterocycles. The lowest BCUT2D eigenvalue weighted by Crippen LogP contribution is -2.21. The zero-order valence-electron chi connectivity index (χ0n) is 9.49. The van der Waals surface area contributed by atoms with Gasteiger partial charge in [-0.05, 0) is 44.4 Å². The largest absolute Gasteiger partial charge is 0.493 e. The third-order valence-corrected chi connectivity index (χ3v) is 2.79. The summed E-state index contributed by atoms with van der Waals surface area (Å²) in [5.74, 6) is 0.858. The minimum atomic E-state index is -0.654. The first kappa shape index (κ1) is 12.4. The van der Waals surface area contributed by atoms with Crippen molar-refractivity contribution in [2.75, 3.05) is 12.9 Å². The van der Waals surface area contributed by atoms with E-state index in [1.54, 1.807) is 25.6 Å². The highest BCUT2D eigenvalue weighted by molar-refractivity contribution is 7.98. The fourth-order valence-corrected chi connectivity index (χ4v) is 1.50. The number of hydrogen-bond donors (Lipinski definition) is 1. The van der Waals surface area contributed by atoms with Gasteiger partial charge in [0, 0.05) is 11.3 Å². The van der Waals surface area contributed by atoms with Crippen LogP contribution in [0.1, 0.15) is 20.3 Å². The summed E-state index contributed by atoms with van der Waals surface area (Å²) in [6, 6.07) is 7.97. The zero-order chi connectivity index (χ0) is 11.3. The van der Waals surface area contributed by atoms with Crippen molar-refractivity contribution in [3.8, 4) is 5.75 Å². The van der Waals surface area contributed by atoms with Gasteiger partial charge >= 0.3 is 0 Å². The van der Waals surface area contributed by atoms with Crippen molar-refractivity contribution in [3.63, 3.8) is 0 Å². The van der Waals surface area contributed by atoms with Crippen molar-refractivity contribution in [2.45, 2.75) is 30.8 Å². The average molecular weight is 226 g/mol. The molecule has 0 aliphatic rings. The van der Waals surface area contributed by atoms with Crippen LogP contribution in [0.3, 0.4) is 0 Å². The molecule has 2 nitrogen and oxygen atoms in total. The molecular formula is C12H18O2S. The maximum atomic E-state index is 9.49. The molecule has 0 saturated carbocycles. The normalized spacial score (nSPS) is 11.5. The molecule has 0 aliphatic carbocycles. The standard InChI is InChI=1S/C12H18O2S/c1-12(2,13)8-9-14-10-4-6-11(15-3)7-5-10/h4-7,13H,8-9H2,1-3H3. The van der Waals surface area contributed by atoms with E-state index in [2.05, 4.69) is 0 Å². The van der Waals surface area contributed by atoms with Gasteiger partial charge in [-0.15, -0.1) is 11.8 Å². The van der Waals surface area contributed by atoms with Gasteiger partial charge < -0.3 is 9.84 Å². The van der Waals surface area contributed by atoms with E-state index in [4.69, 9.17) is 4.74 Å². The van der Waals surface area contributed by atoms with Crippen LogP contribution in [0.15, 0.2) is 29.2 Å². The second kappa shape index (κ2) is 5.42. The Bertz CT molecular complexity index is 287. The molecule has 1 aromatic rings. The monoisotopic (exact) mass is 226 g/mol. The summed E-state index contributed by atoms with van der Waals surface area (Å²) in [4.78, 5) is 1.23. The van der Waals surface area contributed by atoms with E-state index in [9.17, 15) is 5.11 Å². The molecule has 0 fully saturated rings. The summed E-state index contributed by atoms with van der Waals surface area (Å²) in [6.45, 7) is 4.11. The number of aliphatic hydroxyl groups is 1. The molecular weight excluding hydrogens is 208 g/mol. The number of hydrogen-bond acceptors (Lipinski definition) is 3. The second-order valence-electron chi connectivity index (χ2n) is 4.09. The molecule has 0 unspecified atom stereocenters. The van der Waals surface area contributed by atoms with Crippen LogP contribution in [0, 0.1) is 0 Å². The molecule has 0 radical (unpaired) electrons. The Morgan fingerprint density at radius 2 is 1.87 bits per heavy atom. The molecule has 3 heteroatoms. The van der Waals surface area contributed by atoms with Crippen LogP contribution in [0.25, 0.3) is 0 Å². The maximum absolute atomic E-state index is 9.49. The van der Waals surface area contributed by atoms with Gasteiger partial charge in [-0.1, -0.05) is 0 Å². The van der Waals surface area contributed by atoms with Gasteiger partial charge in [-0.2, -0.15) is 0 Å². The fraction of sp³-hybridized carbons (Fsp3) is 0.500. The van der Waals surface area contributed by atoms with E-state index in [-0.39, 0.29) is 0 Å². The molecule has 0 bridgehead atoms. The Morgan fingerprint density at radius 3 is 2.33 bits per heavy atom. The topological polar surface area (TPSA) is 29.5 Å². The predicted molar refractivity (Wildman–Crippen MR) is 64.6 cm³/mol. The van der Waals surface area contributed by atoms with Crippen LogP contribution in [0.5, 0.6) is 5.75 Å². The highest BCUT2D eigenvalue weighted by Crippen LogP contribution is 2.19. The van der Waals surface area contributed by atoms with Crippen molar-refractivity contribution in [2.24, 2.45) is 0 Å². The summed E-state index contributed by atoms with van der Waals surface area (Å²) >= 11 is 1.71. The van der Waals surface area contributed by atoms with Crippen molar-refractivity contribution in [3.05, 3.63) is 24.3 Å². The Labute approximate surface area is 95.7 Å². The SMILES string of the molecule is CSc1ccc(OCCC(C)(C)O)cc1. The van der Waals surface area contributed by atoms with Gasteiger partial charge in [0.25, 0.3) is 0 Å². The number of rotatable bonds is 5. The number of ether oxygens (including phenoxy) is 1. The molecule has 84 valence electrons. The lowest BCUT2D eigenvalue weighted by Gasteiger charge is -2.17. The van der Waals surface area contributed by atoms with Gasteiger partial charge in [-0.25, -0.2) is 0 Å². The number of thioether (sulfide) groups is 1. The first-order chi connectivity index (χ1) is 7.01. The quantitative estimate of drug-likeness (QED) is 0.783. The molecule has 0 saturated heterocycles. The minimum absolute atomic E-state index is 0.544.